The van der Waals surface area contributed by atoms with Gasteiger partial charge in [-0.2, -0.15) is 0 Å². The molecular formula is C10H19N3S. The van der Waals surface area contributed by atoms with Crippen LogP contribution in [0.25, 0.3) is 0 Å². The first kappa shape index (κ1) is 11.6. The van der Waals surface area contributed by atoms with Crippen LogP contribution in [0.15, 0.2) is 0 Å². The summed E-state index contributed by atoms with van der Waals surface area (Å²) in [6, 6.07) is 0. The maximum absolute atomic E-state index is 4.09. The van der Waals surface area contributed by atoms with Gasteiger partial charge in [0.15, 0.2) is 0 Å². The number of aryl methyl sites for hydroxylation is 2. The molecule has 0 aliphatic rings. The van der Waals surface area contributed by atoms with Crippen LogP contribution in [0.1, 0.15) is 30.3 Å². The lowest BCUT2D eigenvalue weighted by molar-refractivity contribution is 0.542. The van der Waals surface area contributed by atoms with E-state index in [1.807, 2.05) is 6.92 Å². The number of nitrogens with zero attached hydrogens (tertiary/aromatic N) is 2. The van der Waals surface area contributed by atoms with E-state index in [0.29, 0.717) is 0 Å². The summed E-state index contributed by atoms with van der Waals surface area (Å²) >= 11 is 1.70. The van der Waals surface area contributed by atoms with Gasteiger partial charge in [0.05, 0.1) is 0 Å². The second-order valence-electron chi connectivity index (χ2n) is 3.92. The molecule has 0 atom stereocenters. The number of hydrogen-bond acceptors (Lipinski definition) is 4. The van der Waals surface area contributed by atoms with E-state index < -0.39 is 0 Å². The van der Waals surface area contributed by atoms with Gasteiger partial charge in [-0.05, 0) is 32.4 Å². The van der Waals surface area contributed by atoms with Crippen LogP contribution in [0.2, 0.25) is 0 Å². The third kappa shape index (κ3) is 4.67. The predicted molar refractivity (Wildman–Crippen MR) is 60.7 cm³/mol. The first-order valence-corrected chi connectivity index (χ1v) is 6.00. The van der Waals surface area contributed by atoms with Crippen LogP contribution in [0, 0.1) is 12.8 Å². The van der Waals surface area contributed by atoms with E-state index in [2.05, 4.69) is 29.4 Å². The molecule has 1 aromatic rings. The molecule has 0 unspecified atom stereocenters. The van der Waals surface area contributed by atoms with Crippen molar-refractivity contribution < 1.29 is 0 Å². The second kappa shape index (κ2) is 6.09. The topological polar surface area (TPSA) is 37.8 Å². The standard InChI is InChI=1S/C10H19N3S/c1-8(2)7-11-6-4-5-10-13-12-9(3)14-10/h8,11H,4-7H2,1-3H3. The number of rotatable bonds is 6. The van der Waals surface area contributed by atoms with Gasteiger partial charge in [-0.3, -0.25) is 0 Å². The maximum Gasteiger partial charge on any atom is 0.117 e. The summed E-state index contributed by atoms with van der Waals surface area (Å²) in [5, 5.41) is 13.7. The lowest BCUT2D eigenvalue weighted by Crippen LogP contribution is -2.21. The molecule has 0 spiro atoms. The van der Waals surface area contributed by atoms with Crippen molar-refractivity contribution in [2.45, 2.75) is 33.6 Å². The van der Waals surface area contributed by atoms with E-state index in [4.69, 9.17) is 0 Å². The van der Waals surface area contributed by atoms with Gasteiger partial charge in [0, 0.05) is 6.42 Å². The van der Waals surface area contributed by atoms with Crippen molar-refractivity contribution in [2.75, 3.05) is 13.1 Å². The Balaban J connectivity index is 2.04. The first-order chi connectivity index (χ1) is 6.68. The minimum atomic E-state index is 0.735. The Hall–Kier alpha value is -0.480. The zero-order valence-corrected chi connectivity index (χ0v) is 10.0. The first-order valence-electron chi connectivity index (χ1n) is 5.18. The summed E-state index contributed by atoms with van der Waals surface area (Å²) in [7, 11) is 0. The molecule has 14 heavy (non-hydrogen) atoms. The van der Waals surface area contributed by atoms with Crippen LogP contribution in [0.3, 0.4) is 0 Å². The van der Waals surface area contributed by atoms with Crippen molar-refractivity contribution in [2.24, 2.45) is 5.92 Å². The molecule has 0 aliphatic heterocycles. The third-order valence-electron chi connectivity index (χ3n) is 1.86. The molecule has 0 radical (unpaired) electrons. The number of hydrogen-bond donors (Lipinski definition) is 1. The molecule has 0 aliphatic carbocycles. The quantitative estimate of drug-likeness (QED) is 0.735. The fraction of sp³-hybridized carbons (Fsp3) is 0.800. The predicted octanol–water partition coefficient (Wildman–Crippen LogP) is 2.02. The molecule has 1 rings (SSSR count). The average Bonchev–Trinajstić information content (AvgIpc) is 2.50. The molecule has 1 N–H and O–H groups in total. The van der Waals surface area contributed by atoms with Gasteiger partial charge < -0.3 is 5.32 Å². The summed E-state index contributed by atoms with van der Waals surface area (Å²) in [5.41, 5.74) is 0. The van der Waals surface area contributed by atoms with Crippen LogP contribution in [-0.4, -0.2) is 23.3 Å². The minimum Gasteiger partial charge on any atom is -0.316 e. The molecule has 80 valence electrons. The minimum absolute atomic E-state index is 0.735. The zero-order valence-electron chi connectivity index (χ0n) is 9.21. The van der Waals surface area contributed by atoms with E-state index in [-0.39, 0.29) is 0 Å². The Morgan fingerprint density at radius 1 is 1.36 bits per heavy atom. The average molecular weight is 213 g/mol. The van der Waals surface area contributed by atoms with Crippen molar-refractivity contribution in [3.8, 4) is 0 Å². The zero-order chi connectivity index (χ0) is 10.4. The summed E-state index contributed by atoms with van der Waals surface area (Å²) in [5.74, 6) is 0.735. The van der Waals surface area contributed by atoms with Gasteiger partial charge in [-0.25, -0.2) is 0 Å². The summed E-state index contributed by atoms with van der Waals surface area (Å²) in [6.07, 6.45) is 2.21. The highest BCUT2D eigenvalue weighted by Gasteiger charge is 1.99. The number of nitrogens with one attached hydrogen (secondary N) is 1. The van der Waals surface area contributed by atoms with Gasteiger partial charge >= 0.3 is 0 Å². The fourth-order valence-corrected chi connectivity index (χ4v) is 1.94. The van der Waals surface area contributed by atoms with Crippen LogP contribution < -0.4 is 5.32 Å². The molecule has 0 amide bonds. The summed E-state index contributed by atoms with van der Waals surface area (Å²) in [4.78, 5) is 0. The Labute approximate surface area is 89.9 Å². The summed E-state index contributed by atoms with van der Waals surface area (Å²) < 4.78 is 0. The SMILES string of the molecule is Cc1nnc(CCCNCC(C)C)s1. The van der Waals surface area contributed by atoms with Crippen molar-refractivity contribution >= 4 is 11.3 Å². The molecule has 4 heteroatoms. The molecule has 1 aromatic heterocycles. The van der Waals surface area contributed by atoms with E-state index in [0.717, 1.165) is 41.9 Å². The highest BCUT2D eigenvalue weighted by Crippen LogP contribution is 2.09. The van der Waals surface area contributed by atoms with Crippen molar-refractivity contribution in [3.63, 3.8) is 0 Å². The van der Waals surface area contributed by atoms with Gasteiger partial charge in [0.1, 0.15) is 10.0 Å². The molecule has 0 aromatic carbocycles. The van der Waals surface area contributed by atoms with Crippen LogP contribution >= 0.6 is 11.3 Å². The lowest BCUT2D eigenvalue weighted by Gasteiger charge is -2.05. The van der Waals surface area contributed by atoms with E-state index in [1.54, 1.807) is 11.3 Å². The van der Waals surface area contributed by atoms with Gasteiger partial charge in [-0.15, -0.1) is 21.5 Å². The largest absolute Gasteiger partial charge is 0.316 e. The van der Waals surface area contributed by atoms with Crippen LogP contribution in [0.5, 0.6) is 0 Å². The van der Waals surface area contributed by atoms with E-state index in [9.17, 15) is 0 Å². The Kier molecular flexibility index (Phi) is 5.04. The Morgan fingerprint density at radius 2 is 2.14 bits per heavy atom. The maximum atomic E-state index is 4.09. The van der Waals surface area contributed by atoms with E-state index >= 15 is 0 Å². The molecule has 0 bridgehead atoms. The van der Waals surface area contributed by atoms with Gasteiger partial charge in [-0.1, -0.05) is 13.8 Å². The lowest BCUT2D eigenvalue weighted by atomic mass is 10.2. The summed E-state index contributed by atoms with van der Waals surface area (Å²) in [6.45, 7) is 8.63. The smallest absolute Gasteiger partial charge is 0.117 e. The highest BCUT2D eigenvalue weighted by molar-refractivity contribution is 7.11. The Bertz CT molecular complexity index is 258. The normalized spacial score (nSPS) is 11.1. The molecule has 0 saturated heterocycles. The Morgan fingerprint density at radius 3 is 2.71 bits per heavy atom. The monoisotopic (exact) mass is 213 g/mol. The molecule has 0 fully saturated rings. The number of aromatic nitrogens is 2. The van der Waals surface area contributed by atoms with Crippen LogP contribution in [0.4, 0.5) is 0 Å². The van der Waals surface area contributed by atoms with Gasteiger partial charge in [0.25, 0.3) is 0 Å². The molecular weight excluding hydrogens is 194 g/mol. The van der Waals surface area contributed by atoms with Gasteiger partial charge in [0.2, 0.25) is 0 Å². The van der Waals surface area contributed by atoms with Crippen LogP contribution in [-0.2, 0) is 6.42 Å². The van der Waals surface area contributed by atoms with Crippen molar-refractivity contribution in [3.05, 3.63) is 10.0 Å². The molecule has 1 heterocycles. The molecule has 3 nitrogen and oxygen atoms in total. The van der Waals surface area contributed by atoms with E-state index in [1.165, 1.54) is 0 Å². The van der Waals surface area contributed by atoms with Crippen molar-refractivity contribution in [1.29, 1.82) is 0 Å². The second-order valence-corrected chi connectivity index (χ2v) is 5.18. The molecule has 0 saturated carbocycles. The highest BCUT2D eigenvalue weighted by atomic mass is 32.1. The fourth-order valence-electron chi connectivity index (χ4n) is 1.19. The third-order valence-corrected chi connectivity index (χ3v) is 2.76. The van der Waals surface area contributed by atoms with Crippen molar-refractivity contribution in [1.82, 2.24) is 15.5 Å².